The molecule has 0 bridgehead atoms. The van der Waals surface area contributed by atoms with Gasteiger partial charge in [0.25, 0.3) is 0 Å². The summed E-state index contributed by atoms with van der Waals surface area (Å²) in [5.41, 5.74) is 3.02. The first kappa shape index (κ1) is 15.1. The van der Waals surface area contributed by atoms with Crippen LogP contribution in [0.25, 0.3) is 5.82 Å². The number of hydrogen-bond donors (Lipinski definition) is 0. The summed E-state index contributed by atoms with van der Waals surface area (Å²) in [4.78, 5) is 15.6. The molecule has 6 heteroatoms. The van der Waals surface area contributed by atoms with Gasteiger partial charge < -0.3 is 4.90 Å². The van der Waals surface area contributed by atoms with Crippen molar-refractivity contribution in [1.82, 2.24) is 24.7 Å². The Balaban J connectivity index is 1.90. The van der Waals surface area contributed by atoms with Crippen molar-refractivity contribution in [2.45, 2.75) is 27.3 Å². The first-order valence-electron chi connectivity index (χ1n) is 7.68. The van der Waals surface area contributed by atoms with E-state index in [1.165, 1.54) is 0 Å². The molecule has 3 rings (SSSR count). The van der Waals surface area contributed by atoms with Crippen LogP contribution >= 0.6 is 0 Å². The Morgan fingerprint density at radius 3 is 2.70 bits per heavy atom. The monoisotopic (exact) mass is 308 g/mol. The SMILES string of the molecule is CCN(Cc1ccccn1)c1cncc(-n2nc(C)cc2C)n1. The molecule has 6 nitrogen and oxygen atoms in total. The van der Waals surface area contributed by atoms with Crippen LogP contribution in [0.1, 0.15) is 24.0 Å². The maximum Gasteiger partial charge on any atom is 0.174 e. The van der Waals surface area contributed by atoms with Crippen molar-refractivity contribution in [2.75, 3.05) is 11.4 Å². The van der Waals surface area contributed by atoms with E-state index in [4.69, 9.17) is 4.98 Å². The average Bonchev–Trinajstić information content (AvgIpc) is 2.92. The number of hydrogen-bond acceptors (Lipinski definition) is 5. The molecule has 0 aromatic carbocycles. The van der Waals surface area contributed by atoms with Crippen LogP contribution in [0.2, 0.25) is 0 Å². The minimum absolute atomic E-state index is 0.701. The van der Waals surface area contributed by atoms with E-state index in [0.717, 1.165) is 35.3 Å². The van der Waals surface area contributed by atoms with Crippen molar-refractivity contribution >= 4 is 5.82 Å². The number of pyridine rings is 1. The topological polar surface area (TPSA) is 59.7 Å². The Labute approximate surface area is 135 Å². The fourth-order valence-corrected chi connectivity index (χ4v) is 2.50. The quantitative estimate of drug-likeness (QED) is 0.725. The smallest absolute Gasteiger partial charge is 0.174 e. The van der Waals surface area contributed by atoms with Crippen molar-refractivity contribution in [2.24, 2.45) is 0 Å². The summed E-state index contributed by atoms with van der Waals surface area (Å²) in [5.74, 6) is 1.55. The van der Waals surface area contributed by atoms with E-state index in [-0.39, 0.29) is 0 Å². The highest BCUT2D eigenvalue weighted by Crippen LogP contribution is 2.16. The molecule has 3 aromatic heterocycles. The highest BCUT2D eigenvalue weighted by atomic mass is 15.3. The summed E-state index contributed by atoms with van der Waals surface area (Å²) in [6.45, 7) is 7.61. The van der Waals surface area contributed by atoms with Crippen LogP contribution in [0.3, 0.4) is 0 Å². The number of aryl methyl sites for hydroxylation is 2. The second-order valence-electron chi connectivity index (χ2n) is 5.41. The van der Waals surface area contributed by atoms with Crippen molar-refractivity contribution in [3.8, 4) is 5.82 Å². The van der Waals surface area contributed by atoms with E-state index in [1.54, 1.807) is 18.6 Å². The molecule has 3 heterocycles. The zero-order chi connectivity index (χ0) is 16.2. The normalized spacial score (nSPS) is 10.7. The third-order valence-electron chi connectivity index (χ3n) is 3.62. The molecule has 0 radical (unpaired) electrons. The molecular weight excluding hydrogens is 288 g/mol. The lowest BCUT2D eigenvalue weighted by atomic mass is 10.3. The largest absolute Gasteiger partial charge is 0.350 e. The van der Waals surface area contributed by atoms with Crippen LogP contribution in [-0.4, -0.2) is 31.3 Å². The van der Waals surface area contributed by atoms with Crippen LogP contribution < -0.4 is 4.90 Å². The number of rotatable bonds is 5. The Morgan fingerprint density at radius 1 is 1.17 bits per heavy atom. The maximum absolute atomic E-state index is 4.72. The zero-order valence-corrected chi connectivity index (χ0v) is 13.6. The lowest BCUT2D eigenvalue weighted by Crippen LogP contribution is -2.24. The Kier molecular flexibility index (Phi) is 4.32. The molecule has 0 aliphatic heterocycles. The minimum Gasteiger partial charge on any atom is -0.350 e. The fraction of sp³-hybridized carbons (Fsp3) is 0.294. The fourth-order valence-electron chi connectivity index (χ4n) is 2.50. The number of nitrogens with zero attached hydrogens (tertiary/aromatic N) is 6. The van der Waals surface area contributed by atoms with Gasteiger partial charge in [0.2, 0.25) is 0 Å². The Bertz CT molecular complexity index is 781. The highest BCUT2D eigenvalue weighted by molar-refractivity contribution is 5.40. The highest BCUT2D eigenvalue weighted by Gasteiger charge is 2.11. The van der Waals surface area contributed by atoms with Gasteiger partial charge in [-0.2, -0.15) is 5.10 Å². The standard InChI is InChI=1S/C17H20N6/c1-4-22(12-15-7-5-6-8-19-15)16-10-18-11-17(20-16)23-14(3)9-13(2)21-23/h5-11H,4,12H2,1-3H3. The van der Waals surface area contributed by atoms with Gasteiger partial charge in [-0.3, -0.25) is 9.97 Å². The summed E-state index contributed by atoms with van der Waals surface area (Å²) in [7, 11) is 0. The van der Waals surface area contributed by atoms with Gasteiger partial charge in [0.05, 0.1) is 30.3 Å². The summed E-state index contributed by atoms with van der Waals surface area (Å²) in [6.07, 6.45) is 5.32. The van der Waals surface area contributed by atoms with E-state index in [2.05, 4.69) is 26.9 Å². The molecule has 0 aliphatic rings. The predicted molar refractivity (Wildman–Crippen MR) is 89.6 cm³/mol. The van der Waals surface area contributed by atoms with Gasteiger partial charge in [-0.05, 0) is 39.0 Å². The molecule has 0 fully saturated rings. The van der Waals surface area contributed by atoms with Gasteiger partial charge in [-0.15, -0.1) is 0 Å². The lowest BCUT2D eigenvalue weighted by Gasteiger charge is -2.21. The third kappa shape index (κ3) is 3.36. The third-order valence-corrected chi connectivity index (χ3v) is 3.62. The van der Waals surface area contributed by atoms with E-state index in [9.17, 15) is 0 Å². The molecule has 0 aliphatic carbocycles. The van der Waals surface area contributed by atoms with E-state index >= 15 is 0 Å². The van der Waals surface area contributed by atoms with Crippen LogP contribution in [0.4, 0.5) is 5.82 Å². The van der Waals surface area contributed by atoms with Gasteiger partial charge >= 0.3 is 0 Å². The molecule has 0 amide bonds. The second kappa shape index (κ2) is 6.56. The van der Waals surface area contributed by atoms with Gasteiger partial charge in [0.1, 0.15) is 5.82 Å². The summed E-state index contributed by atoms with van der Waals surface area (Å²) >= 11 is 0. The van der Waals surface area contributed by atoms with Gasteiger partial charge in [0, 0.05) is 18.4 Å². The van der Waals surface area contributed by atoms with E-state index < -0.39 is 0 Å². The second-order valence-corrected chi connectivity index (χ2v) is 5.41. The molecule has 118 valence electrons. The summed E-state index contributed by atoms with van der Waals surface area (Å²) in [5, 5.41) is 4.47. The van der Waals surface area contributed by atoms with Gasteiger partial charge in [-0.25, -0.2) is 9.67 Å². The molecule has 0 spiro atoms. The number of anilines is 1. The summed E-state index contributed by atoms with van der Waals surface area (Å²) in [6, 6.07) is 7.96. The first-order chi connectivity index (χ1) is 11.2. The van der Waals surface area contributed by atoms with Gasteiger partial charge in [0.15, 0.2) is 5.82 Å². The Hall–Kier alpha value is -2.76. The van der Waals surface area contributed by atoms with Crippen LogP contribution in [0.5, 0.6) is 0 Å². The lowest BCUT2D eigenvalue weighted by molar-refractivity contribution is 0.762. The van der Waals surface area contributed by atoms with Crippen LogP contribution in [0.15, 0.2) is 42.9 Å². The Morgan fingerprint density at radius 2 is 2.04 bits per heavy atom. The van der Waals surface area contributed by atoms with Crippen LogP contribution in [-0.2, 0) is 6.54 Å². The molecule has 0 atom stereocenters. The van der Waals surface area contributed by atoms with Crippen molar-refractivity contribution in [3.63, 3.8) is 0 Å². The van der Waals surface area contributed by atoms with E-state index in [1.807, 2.05) is 42.8 Å². The molecule has 3 aromatic rings. The molecule has 23 heavy (non-hydrogen) atoms. The average molecular weight is 308 g/mol. The van der Waals surface area contributed by atoms with Crippen molar-refractivity contribution in [3.05, 3.63) is 59.9 Å². The first-order valence-corrected chi connectivity index (χ1v) is 7.68. The van der Waals surface area contributed by atoms with Crippen LogP contribution in [0, 0.1) is 13.8 Å². The number of aromatic nitrogens is 5. The maximum atomic E-state index is 4.72. The van der Waals surface area contributed by atoms with Crippen molar-refractivity contribution < 1.29 is 0 Å². The predicted octanol–water partition coefficient (Wildman–Crippen LogP) is 2.70. The van der Waals surface area contributed by atoms with Crippen molar-refractivity contribution in [1.29, 1.82) is 0 Å². The van der Waals surface area contributed by atoms with Gasteiger partial charge in [-0.1, -0.05) is 6.07 Å². The molecule has 0 N–H and O–H groups in total. The summed E-state index contributed by atoms with van der Waals surface area (Å²) < 4.78 is 1.82. The molecule has 0 unspecified atom stereocenters. The zero-order valence-electron chi connectivity index (χ0n) is 13.6. The molecular formula is C17H20N6. The molecule has 0 saturated carbocycles. The van der Waals surface area contributed by atoms with E-state index in [0.29, 0.717) is 6.54 Å². The molecule has 0 saturated heterocycles. The minimum atomic E-state index is 0.701.